The van der Waals surface area contributed by atoms with E-state index in [2.05, 4.69) is 42.1 Å². The molecule has 168 valence electrons. The fraction of sp³-hybridized carbons (Fsp3) is 0.429. The first kappa shape index (κ1) is 24.6. The monoisotopic (exact) mass is 538 g/mol. The zero-order chi connectivity index (χ0) is 21.6. The number of aromatic nitrogens is 4. The zero-order valence-electron chi connectivity index (χ0n) is 18.6. The first-order valence-corrected chi connectivity index (χ1v) is 9.95. The highest BCUT2D eigenvalue weighted by molar-refractivity contribution is 14.0. The third-order valence-electron chi connectivity index (χ3n) is 4.30. The molecule has 2 heterocycles. The SMILES string of the molecule is CN=C(NCCNc1ncnc2c1cnn2C)NCc1ccccc1OC(C)(C)C.I. The Balaban J connectivity index is 0.00000341. The highest BCUT2D eigenvalue weighted by Crippen LogP contribution is 2.22. The number of guanidine groups is 1. The van der Waals surface area contributed by atoms with E-state index in [0.29, 0.717) is 19.6 Å². The van der Waals surface area contributed by atoms with Crippen LogP contribution in [0, 0.1) is 0 Å². The molecule has 10 heteroatoms. The van der Waals surface area contributed by atoms with Gasteiger partial charge in [0, 0.05) is 39.3 Å². The van der Waals surface area contributed by atoms with Gasteiger partial charge in [0.05, 0.1) is 11.6 Å². The molecule has 0 radical (unpaired) electrons. The van der Waals surface area contributed by atoms with E-state index >= 15 is 0 Å². The maximum Gasteiger partial charge on any atom is 0.191 e. The Labute approximate surface area is 200 Å². The van der Waals surface area contributed by atoms with Crippen LogP contribution >= 0.6 is 24.0 Å². The molecule has 0 saturated carbocycles. The van der Waals surface area contributed by atoms with Gasteiger partial charge in [0.2, 0.25) is 0 Å². The molecular formula is C21H31IN8O. The molecule has 3 aromatic rings. The summed E-state index contributed by atoms with van der Waals surface area (Å²) in [7, 11) is 3.62. The summed E-state index contributed by atoms with van der Waals surface area (Å²) in [4.78, 5) is 12.8. The fourth-order valence-corrected chi connectivity index (χ4v) is 2.94. The number of para-hydroxylation sites is 1. The van der Waals surface area contributed by atoms with Crippen LogP contribution in [0.1, 0.15) is 26.3 Å². The molecular weight excluding hydrogens is 507 g/mol. The second kappa shape index (κ2) is 11.1. The van der Waals surface area contributed by atoms with Crippen LogP contribution in [0.4, 0.5) is 5.82 Å². The van der Waals surface area contributed by atoms with Gasteiger partial charge >= 0.3 is 0 Å². The molecule has 0 aliphatic heterocycles. The highest BCUT2D eigenvalue weighted by atomic mass is 127. The van der Waals surface area contributed by atoms with Crippen LogP contribution in [0.2, 0.25) is 0 Å². The maximum atomic E-state index is 6.05. The number of fused-ring (bicyclic) bond motifs is 1. The van der Waals surface area contributed by atoms with Gasteiger partial charge in [0.15, 0.2) is 11.6 Å². The van der Waals surface area contributed by atoms with Crippen LogP contribution in [-0.4, -0.2) is 51.4 Å². The van der Waals surface area contributed by atoms with Crippen LogP contribution in [0.5, 0.6) is 5.75 Å². The van der Waals surface area contributed by atoms with Gasteiger partial charge in [0.1, 0.15) is 23.5 Å². The Bertz CT molecular complexity index is 1010. The Kier molecular flexibility index (Phi) is 8.84. The molecule has 0 atom stereocenters. The number of aliphatic imine (C=N–C) groups is 1. The van der Waals surface area contributed by atoms with Crippen LogP contribution in [-0.2, 0) is 13.6 Å². The summed E-state index contributed by atoms with van der Waals surface area (Å²) in [6.45, 7) is 8.09. The van der Waals surface area contributed by atoms with E-state index in [1.165, 1.54) is 6.33 Å². The molecule has 0 aliphatic carbocycles. The maximum absolute atomic E-state index is 6.05. The van der Waals surface area contributed by atoms with Gasteiger partial charge in [-0.2, -0.15) is 5.10 Å². The van der Waals surface area contributed by atoms with Crippen molar-refractivity contribution in [3.8, 4) is 5.75 Å². The van der Waals surface area contributed by atoms with Crippen LogP contribution in [0.3, 0.4) is 0 Å². The van der Waals surface area contributed by atoms with Crippen molar-refractivity contribution in [1.82, 2.24) is 30.4 Å². The number of nitrogens with one attached hydrogen (secondary N) is 3. The molecule has 3 rings (SSSR count). The van der Waals surface area contributed by atoms with Gasteiger partial charge in [-0.25, -0.2) is 9.97 Å². The minimum Gasteiger partial charge on any atom is -0.488 e. The summed E-state index contributed by atoms with van der Waals surface area (Å²) >= 11 is 0. The highest BCUT2D eigenvalue weighted by Gasteiger charge is 2.14. The van der Waals surface area contributed by atoms with Crippen LogP contribution in [0.25, 0.3) is 11.0 Å². The van der Waals surface area contributed by atoms with Gasteiger partial charge < -0.3 is 20.7 Å². The first-order valence-electron chi connectivity index (χ1n) is 9.95. The van der Waals surface area contributed by atoms with Gasteiger partial charge in [-0.05, 0) is 26.8 Å². The molecule has 9 nitrogen and oxygen atoms in total. The smallest absolute Gasteiger partial charge is 0.191 e. The molecule has 0 saturated heterocycles. The van der Waals surface area contributed by atoms with Crippen LogP contribution in [0.15, 0.2) is 41.8 Å². The lowest BCUT2D eigenvalue weighted by molar-refractivity contribution is 0.129. The zero-order valence-corrected chi connectivity index (χ0v) is 21.0. The normalized spacial score (nSPS) is 11.7. The summed E-state index contributed by atoms with van der Waals surface area (Å²) < 4.78 is 7.78. The molecule has 1 aromatic carbocycles. The molecule has 0 aliphatic rings. The summed E-state index contributed by atoms with van der Waals surface area (Å²) in [6, 6.07) is 8.03. The van der Waals surface area contributed by atoms with E-state index < -0.39 is 0 Å². The van der Waals surface area contributed by atoms with Crippen molar-refractivity contribution < 1.29 is 4.74 Å². The third kappa shape index (κ3) is 6.94. The minimum absolute atomic E-state index is 0. The third-order valence-corrected chi connectivity index (χ3v) is 4.30. The van der Waals surface area contributed by atoms with Crippen molar-refractivity contribution >= 4 is 46.8 Å². The van der Waals surface area contributed by atoms with Crippen molar-refractivity contribution in [2.24, 2.45) is 12.0 Å². The lowest BCUT2D eigenvalue weighted by Gasteiger charge is -2.23. The summed E-state index contributed by atoms with van der Waals surface area (Å²) in [5.74, 6) is 2.36. The van der Waals surface area contributed by atoms with E-state index in [1.54, 1.807) is 17.9 Å². The second-order valence-electron chi connectivity index (χ2n) is 7.83. The molecule has 0 fully saturated rings. The molecule has 31 heavy (non-hydrogen) atoms. The van der Waals surface area contributed by atoms with E-state index in [9.17, 15) is 0 Å². The number of rotatable bonds is 7. The molecule has 0 spiro atoms. The quantitative estimate of drug-likeness (QED) is 0.184. The first-order chi connectivity index (χ1) is 14.4. The predicted octanol–water partition coefficient (Wildman–Crippen LogP) is 2.94. The Hall–Kier alpha value is -2.63. The fourth-order valence-electron chi connectivity index (χ4n) is 2.94. The topological polar surface area (TPSA) is 101 Å². The molecule has 3 N–H and O–H groups in total. The number of nitrogens with zero attached hydrogens (tertiary/aromatic N) is 5. The Morgan fingerprint density at radius 2 is 1.90 bits per heavy atom. The number of halogens is 1. The van der Waals surface area contributed by atoms with Crippen molar-refractivity contribution in [2.45, 2.75) is 32.9 Å². The molecule has 0 bridgehead atoms. The molecule has 0 unspecified atom stereocenters. The minimum atomic E-state index is -0.248. The lowest BCUT2D eigenvalue weighted by Crippen LogP contribution is -2.39. The average molecular weight is 538 g/mol. The number of hydrogen-bond donors (Lipinski definition) is 3. The number of ether oxygens (including phenoxy) is 1. The summed E-state index contributed by atoms with van der Waals surface area (Å²) in [6.07, 6.45) is 3.31. The number of hydrogen-bond acceptors (Lipinski definition) is 6. The largest absolute Gasteiger partial charge is 0.488 e. The number of benzene rings is 1. The molecule has 2 aromatic heterocycles. The van der Waals surface area contributed by atoms with Crippen molar-refractivity contribution in [1.29, 1.82) is 0 Å². The number of aryl methyl sites for hydroxylation is 1. The number of anilines is 1. The predicted molar refractivity (Wildman–Crippen MR) is 135 cm³/mol. The summed E-state index contributed by atoms with van der Waals surface area (Å²) in [5.41, 5.74) is 1.63. The Morgan fingerprint density at radius 3 is 2.65 bits per heavy atom. The van der Waals surface area contributed by atoms with Gasteiger partial charge in [-0.15, -0.1) is 24.0 Å². The summed E-state index contributed by atoms with van der Waals surface area (Å²) in [5, 5.41) is 15.1. The lowest BCUT2D eigenvalue weighted by atomic mass is 10.1. The van der Waals surface area contributed by atoms with E-state index in [1.807, 2.05) is 46.0 Å². The van der Waals surface area contributed by atoms with Crippen LogP contribution < -0.4 is 20.7 Å². The van der Waals surface area contributed by atoms with Crippen molar-refractivity contribution in [3.05, 3.63) is 42.4 Å². The Morgan fingerprint density at radius 1 is 1.13 bits per heavy atom. The molecule has 0 amide bonds. The second-order valence-corrected chi connectivity index (χ2v) is 7.83. The van der Waals surface area contributed by atoms with E-state index in [-0.39, 0.29) is 29.6 Å². The van der Waals surface area contributed by atoms with Gasteiger partial charge in [0.25, 0.3) is 0 Å². The van der Waals surface area contributed by atoms with Gasteiger partial charge in [-0.3, -0.25) is 9.67 Å². The van der Waals surface area contributed by atoms with E-state index in [4.69, 9.17) is 4.74 Å². The van der Waals surface area contributed by atoms with Crippen molar-refractivity contribution in [2.75, 3.05) is 25.5 Å². The van der Waals surface area contributed by atoms with Crippen molar-refractivity contribution in [3.63, 3.8) is 0 Å². The van der Waals surface area contributed by atoms with Gasteiger partial charge in [-0.1, -0.05) is 18.2 Å². The standard InChI is InChI=1S/C21H30N8O.HI/c1-21(2,3)30-17-9-7-6-8-15(17)12-25-20(22-4)24-11-10-23-18-16-13-28-29(5)19(16)27-14-26-18;/h6-9,13-14H,10-12H2,1-5H3,(H2,22,24,25)(H,23,26,27);1H. The van der Waals surface area contributed by atoms with E-state index in [0.717, 1.165) is 34.1 Å². The average Bonchev–Trinajstić information content (AvgIpc) is 3.09.